The third-order valence-corrected chi connectivity index (χ3v) is 6.73. The van der Waals surface area contributed by atoms with Crippen molar-refractivity contribution in [3.63, 3.8) is 0 Å². The van der Waals surface area contributed by atoms with E-state index in [0.29, 0.717) is 28.9 Å². The van der Waals surface area contributed by atoms with Crippen LogP contribution in [0, 0.1) is 6.92 Å². The topological polar surface area (TPSA) is 78.2 Å². The Morgan fingerprint density at radius 1 is 1.16 bits per heavy atom. The molecule has 1 saturated heterocycles. The first-order chi connectivity index (χ1) is 15.0. The molecule has 0 spiro atoms. The zero-order valence-electron chi connectivity index (χ0n) is 17.9. The predicted molar refractivity (Wildman–Crippen MR) is 123 cm³/mol. The van der Waals surface area contributed by atoms with E-state index in [4.69, 9.17) is 4.42 Å². The van der Waals surface area contributed by atoms with Gasteiger partial charge in [0, 0.05) is 48.2 Å². The quantitative estimate of drug-likeness (QED) is 0.669. The normalized spacial score (nSPS) is 18.2. The molecule has 0 unspecified atom stereocenters. The molecule has 0 saturated carbocycles. The van der Waals surface area contributed by atoms with Gasteiger partial charge in [0.05, 0.1) is 11.3 Å². The second kappa shape index (κ2) is 9.36. The number of piperazine rings is 1. The van der Waals surface area contributed by atoms with Gasteiger partial charge in [-0.05, 0) is 54.4 Å². The van der Waals surface area contributed by atoms with Crippen molar-refractivity contribution in [1.29, 1.82) is 0 Å². The molecule has 1 aromatic carbocycles. The summed E-state index contributed by atoms with van der Waals surface area (Å²) in [7, 11) is 0. The van der Waals surface area contributed by atoms with Gasteiger partial charge in [-0.15, -0.1) is 0 Å². The summed E-state index contributed by atoms with van der Waals surface area (Å²) in [4.78, 5) is 29.9. The lowest BCUT2D eigenvalue weighted by Crippen LogP contribution is -2.48. The molecule has 2 amide bonds. The number of nitrogens with zero attached hydrogens (tertiary/aromatic N) is 3. The first-order valence-electron chi connectivity index (χ1n) is 10.7. The van der Waals surface area contributed by atoms with Crippen LogP contribution >= 0.6 is 15.9 Å². The van der Waals surface area contributed by atoms with Gasteiger partial charge < -0.3 is 14.2 Å². The van der Waals surface area contributed by atoms with Crippen molar-refractivity contribution in [2.24, 2.45) is 5.10 Å². The van der Waals surface area contributed by atoms with E-state index in [-0.39, 0.29) is 11.8 Å². The fourth-order valence-corrected chi connectivity index (χ4v) is 4.68. The number of likely N-dealkylation sites (N-methyl/N-ethyl adjacent to an activating group) is 1. The van der Waals surface area contributed by atoms with Crippen LogP contribution in [-0.4, -0.2) is 60.0 Å². The van der Waals surface area contributed by atoms with Crippen molar-refractivity contribution in [3.8, 4) is 0 Å². The van der Waals surface area contributed by atoms with Crippen LogP contribution in [-0.2, 0) is 6.42 Å². The van der Waals surface area contributed by atoms with Crippen molar-refractivity contribution in [1.82, 2.24) is 15.2 Å². The summed E-state index contributed by atoms with van der Waals surface area (Å²) < 4.78 is 6.76. The van der Waals surface area contributed by atoms with E-state index in [1.54, 1.807) is 6.07 Å². The average Bonchev–Trinajstić information content (AvgIpc) is 3.14. The number of amides is 2. The van der Waals surface area contributed by atoms with Crippen LogP contribution in [0.4, 0.5) is 0 Å². The molecular formula is C23H27BrN4O3. The molecule has 1 aromatic heterocycles. The van der Waals surface area contributed by atoms with Crippen molar-refractivity contribution in [2.75, 3.05) is 32.7 Å². The van der Waals surface area contributed by atoms with E-state index in [1.807, 2.05) is 30.0 Å². The largest absolute Gasteiger partial charge is 0.455 e. The third kappa shape index (κ3) is 4.45. The predicted octanol–water partition coefficient (Wildman–Crippen LogP) is 3.60. The maximum atomic E-state index is 13.1. The van der Waals surface area contributed by atoms with Gasteiger partial charge in [-0.2, -0.15) is 5.10 Å². The van der Waals surface area contributed by atoms with Gasteiger partial charge in [0.25, 0.3) is 11.8 Å². The van der Waals surface area contributed by atoms with Gasteiger partial charge >= 0.3 is 0 Å². The van der Waals surface area contributed by atoms with Crippen LogP contribution in [0.15, 0.2) is 38.3 Å². The Labute approximate surface area is 190 Å². The molecular weight excluding hydrogens is 460 g/mol. The number of hydrogen-bond acceptors (Lipinski definition) is 5. The number of aryl methyl sites for hydroxylation is 1. The Bertz CT molecular complexity index is 1020. The van der Waals surface area contributed by atoms with Gasteiger partial charge in [0.15, 0.2) is 5.76 Å². The SMILES string of the molecule is CCN1CCN(C(=O)c2oc3c(c2C)/C(=N/NC(=O)c2ccccc2Br)CCC3)CC1. The summed E-state index contributed by atoms with van der Waals surface area (Å²) in [5.74, 6) is 0.854. The molecule has 1 aliphatic heterocycles. The molecule has 7 nitrogen and oxygen atoms in total. The second-order valence-electron chi connectivity index (χ2n) is 7.91. The summed E-state index contributed by atoms with van der Waals surface area (Å²) >= 11 is 3.40. The number of hydrogen-bond donors (Lipinski definition) is 1. The molecule has 2 aliphatic rings. The fraction of sp³-hybridized carbons (Fsp3) is 0.435. The molecule has 1 aliphatic carbocycles. The van der Waals surface area contributed by atoms with Crippen LogP contribution in [0.25, 0.3) is 0 Å². The number of halogens is 1. The standard InChI is InChI=1S/C23H27BrN4O3/c1-3-27-11-13-28(14-12-27)23(30)21-15(2)20-18(9-6-10-19(20)31-21)25-26-22(29)16-7-4-5-8-17(16)24/h4-5,7-8H,3,6,9-14H2,1-2H3,(H,26,29)/b25-18+. The first-order valence-corrected chi connectivity index (χ1v) is 11.5. The van der Waals surface area contributed by atoms with Gasteiger partial charge in [0.1, 0.15) is 5.76 Å². The van der Waals surface area contributed by atoms with E-state index in [0.717, 1.165) is 61.5 Å². The van der Waals surface area contributed by atoms with Crippen LogP contribution in [0.1, 0.15) is 57.6 Å². The number of fused-ring (bicyclic) bond motifs is 1. The highest BCUT2D eigenvalue weighted by molar-refractivity contribution is 9.10. The van der Waals surface area contributed by atoms with Crippen LogP contribution in [0.2, 0.25) is 0 Å². The van der Waals surface area contributed by atoms with E-state index >= 15 is 0 Å². The summed E-state index contributed by atoms with van der Waals surface area (Å²) in [6.07, 6.45) is 2.36. The minimum Gasteiger partial charge on any atom is -0.455 e. The Hall–Kier alpha value is -2.45. The number of nitrogens with one attached hydrogen (secondary N) is 1. The van der Waals surface area contributed by atoms with Gasteiger partial charge in [0.2, 0.25) is 0 Å². The monoisotopic (exact) mass is 486 g/mol. The third-order valence-electron chi connectivity index (χ3n) is 6.04. The molecule has 8 heteroatoms. The smallest absolute Gasteiger partial charge is 0.289 e. The lowest BCUT2D eigenvalue weighted by molar-refractivity contribution is 0.0609. The van der Waals surface area contributed by atoms with E-state index in [1.165, 1.54) is 0 Å². The van der Waals surface area contributed by atoms with E-state index in [2.05, 4.69) is 38.3 Å². The fourth-order valence-electron chi connectivity index (χ4n) is 4.22. The number of furan rings is 1. The van der Waals surface area contributed by atoms with Crippen molar-refractivity contribution in [2.45, 2.75) is 33.1 Å². The minimum atomic E-state index is -0.279. The number of carbonyl (C=O) groups excluding carboxylic acids is 2. The molecule has 4 rings (SSSR count). The molecule has 2 aromatic rings. The zero-order valence-corrected chi connectivity index (χ0v) is 19.5. The zero-order chi connectivity index (χ0) is 22.0. The highest BCUT2D eigenvalue weighted by Crippen LogP contribution is 2.31. The number of rotatable bonds is 4. The maximum absolute atomic E-state index is 13.1. The lowest BCUT2D eigenvalue weighted by atomic mass is 9.93. The van der Waals surface area contributed by atoms with Crippen molar-refractivity contribution in [3.05, 3.63) is 56.9 Å². The molecule has 2 heterocycles. The Kier molecular flexibility index (Phi) is 6.57. The van der Waals surface area contributed by atoms with Crippen LogP contribution in [0.5, 0.6) is 0 Å². The molecule has 1 N–H and O–H groups in total. The number of hydrazone groups is 1. The first kappa shape index (κ1) is 21.8. The van der Waals surface area contributed by atoms with E-state index in [9.17, 15) is 9.59 Å². The van der Waals surface area contributed by atoms with Crippen LogP contribution in [0.3, 0.4) is 0 Å². The lowest BCUT2D eigenvalue weighted by Gasteiger charge is -2.33. The Balaban J connectivity index is 1.54. The summed E-state index contributed by atoms with van der Waals surface area (Å²) in [6.45, 7) is 8.24. The molecule has 1 fully saturated rings. The van der Waals surface area contributed by atoms with E-state index < -0.39 is 0 Å². The number of benzene rings is 1. The molecule has 0 atom stereocenters. The van der Waals surface area contributed by atoms with Gasteiger partial charge in [-0.1, -0.05) is 19.1 Å². The summed E-state index contributed by atoms with van der Waals surface area (Å²) in [6, 6.07) is 7.23. The van der Waals surface area contributed by atoms with Gasteiger partial charge in [-0.3, -0.25) is 9.59 Å². The molecule has 31 heavy (non-hydrogen) atoms. The highest BCUT2D eigenvalue weighted by atomic mass is 79.9. The molecule has 164 valence electrons. The van der Waals surface area contributed by atoms with Crippen molar-refractivity contribution >= 4 is 33.5 Å². The van der Waals surface area contributed by atoms with Crippen LogP contribution < -0.4 is 5.43 Å². The molecule has 0 bridgehead atoms. The minimum absolute atomic E-state index is 0.0562. The Morgan fingerprint density at radius 2 is 1.90 bits per heavy atom. The molecule has 0 radical (unpaired) electrons. The maximum Gasteiger partial charge on any atom is 0.289 e. The second-order valence-corrected chi connectivity index (χ2v) is 8.77. The average molecular weight is 487 g/mol. The summed E-state index contributed by atoms with van der Waals surface area (Å²) in [5.41, 5.74) is 5.63. The summed E-state index contributed by atoms with van der Waals surface area (Å²) in [5, 5.41) is 4.41. The van der Waals surface area contributed by atoms with Gasteiger partial charge in [-0.25, -0.2) is 5.43 Å². The van der Waals surface area contributed by atoms with Crippen molar-refractivity contribution < 1.29 is 14.0 Å². The number of carbonyl (C=O) groups is 2. The Morgan fingerprint density at radius 3 is 2.61 bits per heavy atom. The highest BCUT2D eigenvalue weighted by Gasteiger charge is 2.31.